The monoisotopic (exact) mass is 448 g/mol. The third-order valence-corrected chi connectivity index (χ3v) is 6.63. The topological polar surface area (TPSA) is 90.7 Å². The first kappa shape index (κ1) is 20.1. The Bertz CT molecular complexity index is 1380. The maximum atomic E-state index is 13.6. The summed E-state index contributed by atoms with van der Waals surface area (Å²) in [5.74, 6) is 1.15. The number of benzene rings is 3. The predicted molar refractivity (Wildman–Crippen MR) is 119 cm³/mol. The molecular formula is C24H20N2O5S. The van der Waals surface area contributed by atoms with E-state index in [0.29, 0.717) is 36.0 Å². The Balaban J connectivity index is 1.62. The highest BCUT2D eigenvalue weighted by Gasteiger charge is 2.30. The highest BCUT2D eigenvalue weighted by atomic mass is 32.2. The second-order valence-electron chi connectivity index (χ2n) is 7.32. The third-order valence-electron chi connectivity index (χ3n) is 4.97. The van der Waals surface area contributed by atoms with E-state index in [1.54, 1.807) is 6.07 Å². The molecule has 0 fully saturated rings. The molecule has 0 spiro atoms. The number of aromatic nitrogens is 1. The van der Waals surface area contributed by atoms with Gasteiger partial charge in [-0.2, -0.15) is 4.98 Å². The first-order valence-corrected chi connectivity index (χ1v) is 11.5. The van der Waals surface area contributed by atoms with E-state index in [1.807, 2.05) is 61.5 Å². The Kier molecular flexibility index (Phi) is 5.07. The molecule has 0 bridgehead atoms. The van der Waals surface area contributed by atoms with Crippen molar-refractivity contribution in [3.05, 3.63) is 78.4 Å². The first-order chi connectivity index (χ1) is 15.5. The molecule has 0 saturated heterocycles. The van der Waals surface area contributed by atoms with Crippen LogP contribution in [-0.2, 0) is 9.84 Å². The van der Waals surface area contributed by atoms with E-state index in [0.717, 1.165) is 5.56 Å². The lowest BCUT2D eigenvalue weighted by Gasteiger charge is -2.18. The highest BCUT2D eigenvalue weighted by molar-refractivity contribution is 7.91. The Labute approximate surface area is 185 Å². The molecule has 1 N–H and O–H groups in total. The standard InChI is InChI=1S/C24H20N2O5S/c1-16-6-5-9-18(14-16)25-23-24(26-22(31-23)17-7-3-2-4-8-17)32(27,28)19-10-11-20-21(15-19)30-13-12-29-20/h2-11,14-15,25H,12-13H2,1H3. The molecule has 32 heavy (non-hydrogen) atoms. The Hall–Kier alpha value is -3.78. The van der Waals surface area contributed by atoms with Gasteiger partial charge in [-0.1, -0.05) is 30.3 Å². The van der Waals surface area contributed by atoms with Crippen LogP contribution in [0.25, 0.3) is 11.5 Å². The van der Waals surface area contributed by atoms with Crippen LogP contribution in [0.1, 0.15) is 5.56 Å². The van der Waals surface area contributed by atoms with Gasteiger partial charge in [0.15, 0.2) is 11.5 Å². The van der Waals surface area contributed by atoms with Crippen LogP contribution in [0.4, 0.5) is 11.6 Å². The summed E-state index contributed by atoms with van der Waals surface area (Å²) in [5.41, 5.74) is 2.39. The van der Waals surface area contributed by atoms with Crippen LogP contribution in [0, 0.1) is 6.92 Å². The summed E-state index contributed by atoms with van der Waals surface area (Å²) in [6.45, 7) is 2.74. The van der Waals surface area contributed by atoms with Gasteiger partial charge in [0.05, 0.1) is 4.90 Å². The molecule has 3 aromatic carbocycles. The van der Waals surface area contributed by atoms with Gasteiger partial charge in [-0.3, -0.25) is 0 Å². The first-order valence-electron chi connectivity index (χ1n) is 10.1. The van der Waals surface area contributed by atoms with Crippen molar-refractivity contribution in [1.29, 1.82) is 0 Å². The predicted octanol–water partition coefficient (Wildman–Crippen LogP) is 5.00. The number of sulfone groups is 1. The highest BCUT2D eigenvalue weighted by Crippen LogP contribution is 2.37. The zero-order chi connectivity index (χ0) is 22.1. The van der Waals surface area contributed by atoms with Gasteiger partial charge >= 0.3 is 0 Å². The van der Waals surface area contributed by atoms with Crippen LogP contribution in [0.2, 0.25) is 0 Å². The van der Waals surface area contributed by atoms with E-state index < -0.39 is 9.84 Å². The van der Waals surface area contributed by atoms with Crippen LogP contribution in [0.5, 0.6) is 11.5 Å². The van der Waals surface area contributed by atoms with Gasteiger partial charge in [-0.15, -0.1) is 0 Å². The summed E-state index contributed by atoms with van der Waals surface area (Å²) >= 11 is 0. The van der Waals surface area contributed by atoms with Gasteiger partial charge in [0.1, 0.15) is 13.2 Å². The average Bonchev–Trinajstić information content (AvgIpc) is 3.24. The van der Waals surface area contributed by atoms with Gasteiger partial charge in [-0.05, 0) is 48.9 Å². The summed E-state index contributed by atoms with van der Waals surface area (Å²) in [5, 5.41) is 2.88. The molecule has 0 amide bonds. The minimum Gasteiger partial charge on any atom is -0.486 e. The smallest absolute Gasteiger partial charge is 0.238 e. The van der Waals surface area contributed by atoms with E-state index in [9.17, 15) is 8.42 Å². The van der Waals surface area contributed by atoms with Gasteiger partial charge in [0.25, 0.3) is 0 Å². The van der Waals surface area contributed by atoms with Gasteiger partial charge in [0, 0.05) is 17.3 Å². The zero-order valence-corrected chi connectivity index (χ0v) is 18.1. The molecule has 0 saturated carbocycles. The molecular weight excluding hydrogens is 428 g/mol. The van der Waals surface area contributed by atoms with Gasteiger partial charge < -0.3 is 19.2 Å². The molecule has 1 aliphatic rings. The number of rotatable bonds is 5. The lowest BCUT2D eigenvalue weighted by molar-refractivity contribution is 0.171. The fourth-order valence-electron chi connectivity index (χ4n) is 3.43. The van der Waals surface area contributed by atoms with Crippen molar-refractivity contribution in [3.63, 3.8) is 0 Å². The van der Waals surface area contributed by atoms with Gasteiger partial charge in [0.2, 0.25) is 26.6 Å². The molecule has 0 aliphatic carbocycles. The number of aryl methyl sites for hydroxylation is 1. The largest absolute Gasteiger partial charge is 0.486 e. The van der Waals surface area contributed by atoms with Crippen molar-refractivity contribution >= 4 is 21.4 Å². The van der Waals surface area contributed by atoms with Crippen LogP contribution in [0.15, 0.2) is 87.1 Å². The molecule has 0 radical (unpaired) electrons. The van der Waals surface area contributed by atoms with Crippen molar-refractivity contribution in [2.75, 3.05) is 18.5 Å². The van der Waals surface area contributed by atoms with Gasteiger partial charge in [-0.25, -0.2) is 8.42 Å². The van der Waals surface area contributed by atoms with Crippen molar-refractivity contribution in [2.45, 2.75) is 16.8 Å². The molecule has 162 valence electrons. The molecule has 5 rings (SSSR count). The number of hydrogen-bond donors (Lipinski definition) is 1. The number of nitrogens with zero attached hydrogens (tertiary/aromatic N) is 1. The van der Waals surface area contributed by atoms with Crippen LogP contribution in [0.3, 0.4) is 0 Å². The Morgan fingerprint density at radius 3 is 2.44 bits per heavy atom. The quantitative estimate of drug-likeness (QED) is 0.459. The number of oxazole rings is 1. The van der Waals surface area contributed by atoms with Crippen molar-refractivity contribution < 1.29 is 22.3 Å². The lowest BCUT2D eigenvalue weighted by atomic mass is 10.2. The maximum Gasteiger partial charge on any atom is 0.238 e. The van der Waals surface area contributed by atoms with E-state index >= 15 is 0 Å². The average molecular weight is 449 g/mol. The molecule has 7 nitrogen and oxygen atoms in total. The Morgan fingerprint density at radius 1 is 0.875 bits per heavy atom. The summed E-state index contributed by atoms with van der Waals surface area (Å²) in [6, 6.07) is 21.2. The summed E-state index contributed by atoms with van der Waals surface area (Å²) < 4.78 is 44.1. The van der Waals surface area contributed by atoms with E-state index in [4.69, 9.17) is 13.9 Å². The zero-order valence-electron chi connectivity index (χ0n) is 17.2. The number of ether oxygens (including phenoxy) is 2. The molecule has 1 aliphatic heterocycles. The number of fused-ring (bicyclic) bond motifs is 1. The third kappa shape index (κ3) is 3.80. The number of anilines is 2. The second-order valence-corrected chi connectivity index (χ2v) is 9.19. The second kappa shape index (κ2) is 8.05. The van der Waals surface area contributed by atoms with Crippen LogP contribution < -0.4 is 14.8 Å². The fraction of sp³-hybridized carbons (Fsp3) is 0.125. The number of nitrogens with one attached hydrogen (secondary N) is 1. The van der Waals surface area contributed by atoms with Crippen molar-refractivity contribution in [2.24, 2.45) is 0 Å². The van der Waals surface area contributed by atoms with E-state index in [2.05, 4.69) is 10.3 Å². The molecule has 0 unspecified atom stereocenters. The molecule has 4 aromatic rings. The molecule has 1 aromatic heterocycles. The summed E-state index contributed by atoms with van der Waals surface area (Å²) in [6.07, 6.45) is 0. The molecule has 0 atom stereocenters. The van der Waals surface area contributed by atoms with Crippen molar-refractivity contribution in [3.8, 4) is 23.0 Å². The minimum atomic E-state index is -4.02. The maximum absolute atomic E-state index is 13.6. The fourth-order valence-corrected chi connectivity index (χ4v) is 4.70. The molecule has 2 heterocycles. The van der Waals surface area contributed by atoms with Crippen molar-refractivity contribution in [1.82, 2.24) is 4.98 Å². The normalized spacial score (nSPS) is 13.0. The molecule has 8 heteroatoms. The van der Waals surface area contributed by atoms with Crippen LogP contribution in [-0.4, -0.2) is 26.6 Å². The SMILES string of the molecule is Cc1cccc(Nc2oc(-c3ccccc3)nc2S(=O)(=O)c2ccc3c(c2)OCCO3)c1. The van der Waals surface area contributed by atoms with E-state index in [1.165, 1.54) is 12.1 Å². The lowest BCUT2D eigenvalue weighted by Crippen LogP contribution is -2.16. The minimum absolute atomic E-state index is 0.0435. The summed E-state index contributed by atoms with van der Waals surface area (Å²) in [7, 11) is -4.02. The Morgan fingerprint density at radius 2 is 1.66 bits per heavy atom. The van der Waals surface area contributed by atoms with E-state index in [-0.39, 0.29) is 21.7 Å². The number of hydrogen-bond acceptors (Lipinski definition) is 7. The van der Waals surface area contributed by atoms with Crippen LogP contribution >= 0.6 is 0 Å². The summed E-state index contributed by atoms with van der Waals surface area (Å²) in [4.78, 5) is 4.41.